The lowest BCUT2D eigenvalue weighted by molar-refractivity contribution is 0.313. The molecule has 0 aliphatic heterocycles. The van der Waals surface area contributed by atoms with E-state index in [4.69, 9.17) is 27.3 Å². The number of halogens is 1. The smallest absolute Gasteiger partial charge is 0.137 e. The molecule has 16 heavy (non-hydrogen) atoms. The van der Waals surface area contributed by atoms with Crippen LogP contribution in [0.3, 0.4) is 0 Å². The highest BCUT2D eigenvalue weighted by atomic mass is 35.5. The molecule has 0 saturated heterocycles. The normalized spacial score (nSPS) is 11.9. The van der Waals surface area contributed by atoms with Crippen LogP contribution in [-0.4, -0.2) is 6.61 Å². The molecule has 0 aliphatic rings. The van der Waals surface area contributed by atoms with Crippen LogP contribution in [0.15, 0.2) is 18.2 Å². The number of benzene rings is 1. The molecule has 1 atom stereocenters. The maximum atomic E-state index is 8.37. The van der Waals surface area contributed by atoms with E-state index in [-0.39, 0.29) is 6.04 Å². The minimum atomic E-state index is -0.0369. The molecule has 3 nitrogen and oxygen atoms in total. The molecule has 86 valence electrons. The van der Waals surface area contributed by atoms with E-state index < -0.39 is 0 Å². The van der Waals surface area contributed by atoms with Gasteiger partial charge in [0.1, 0.15) is 5.75 Å². The van der Waals surface area contributed by atoms with Gasteiger partial charge < -0.3 is 10.5 Å². The maximum Gasteiger partial charge on any atom is 0.137 e. The molecule has 0 saturated carbocycles. The van der Waals surface area contributed by atoms with E-state index in [2.05, 4.69) is 6.07 Å². The highest BCUT2D eigenvalue weighted by molar-refractivity contribution is 6.32. The van der Waals surface area contributed by atoms with Crippen LogP contribution in [-0.2, 0) is 0 Å². The van der Waals surface area contributed by atoms with Crippen LogP contribution in [0.4, 0.5) is 0 Å². The average Bonchev–Trinajstić information content (AvgIpc) is 2.26. The molecular weight excluding hydrogens is 224 g/mol. The highest BCUT2D eigenvalue weighted by Crippen LogP contribution is 2.27. The second kappa shape index (κ2) is 6.37. The van der Waals surface area contributed by atoms with Crippen LogP contribution in [0.5, 0.6) is 5.75 Å². The monoisotopic (exact) mass is 238 g/mol. The summed E-state index contributed by atoms with van der Waals surface area (Å²) in [5, 5.41) is 8.93. The van der Waals surface area contributed by atoms with Gasteiger partial charge in [-0.1, -0.05) is 17.7 Å². The molecule has 0 aromatic heterocycles. The molecule has 0 aliphatic carbocycles. The molecule has 0 amide bonds. The first-order valence-electron chi connectivity index (χ1n) is 5.20. The van der Waals surface area contributed by atoms with E-state index in [1.807, 2.05) is 25.1 Å². The van der Waals surface area contributed by atoms with Crippen molar-refractivity contribution in [2.75, 3.05) is 6.61 Å². The number of nitriles is 1. The van der Waals surface area contributed by atoms with Crippen molar-refractivity contribution in [3.05, 3.63) is 28.8 Å². The first-order valence-corrected chi connectivity index (χ1v) is 5.57. The van der Waals surface area contributed by atoms with Crippen molar-refractivity contribution in [1.82, 2.24) is 0 Å². The molecule has 2 N–H and O–H groups in total. The van der Waals surface area contributed by atoms with Gasteiger partial charge in [-0.2, -0.15) is 5.26 Å². The van der Waals surface area contributed by atoms with Gasteiger partial charge in [-0.25, -0.2) is 0 Å². The van der Waals surface area contributed by atoms with Crippen LogP contribution in [0.2, 0.25) is 5.02 Å². The molecule has 1 rings (SSSR count). The number of nitrogens with two attached hydrogens (primary N) is 1. The first kappa shape index (κ1) is 12.8. The Balaban J connectivity index is 2.58. The van der Waals surface area contributed by atoms with Gasteiger partial charge in [0.15, 0.2) is 0 Å². The molecule has 0 heterocycles. The van der Waals surface area contributed by atoms with E-state index in [9.17, 15) is 0 Å². The highest BCUT2D eigenvalue weighted by Gasteiger charge is 2.05. The van der Waals surface area contributed by atoms with Gasteiger partial charge in [0.2, 0.25) is 0 Å². The number of hydrogen-bond donors (Lipinski definition) is 1. The Morgan fingerprint density at radius 2 is 2.31 bits per heavy atom. The molecule has 0 fully saturated rings. The standard InChI is InChI=1S/C12H15ClN2O/c1-9(15)10-4-5-12(11(13)8-10)16-7-3-2-6-14/h4-5,8-9H,2-3,7,15H2,1H3/t9-/m0/s1. The molecule has 4 heteroatoms. The van der Waals surface area contributed by atoms with Gasteiger partial charge >= 0.3 is 0 Å². The third-order valence-corrected chi connectivity index (χ3v) is 2.47. The fourth-order valence-corrected chi connectivity index (χ4v) is 1.49. The zero-order valence-electron chi connectivity index (χ0n) is 9.24. The largest absolute Gasteiger partial charge is 0.492 e. The third kappa shape index (κ3) is 3.73. The molecule has 0 spiro atoms. The molecule has 0 bridgehead atoms. The van der Waals surface area contributed by atoms with Crippen LogP contribution in [0, 0.1) is 11.3 Å². The predicted molar refractivity (Wildman–Crippen MR) is 64.4 cm³/mol. The van der Waals surface area contributed by atoms with Crippen LogP contribution in [0.1, 0.15) is 31.4 Å². The Bertz CT molecular complexity index is 385. The summed E-state index contributed by atoms with van der Waals surface area (Å²) < 4.78 is 5.45. The number of rotatable bonds is 5. The average molecular weight is 239 g/mol. The number of hydrogen-bond acceptors (Lipinski definition) is 3. The minimum absolute atomic E-state index is 0.0369. The molecule has 1 aromatic rings. The topological polar surface area (TPSA) is 59.0 Å². The number of ether oxygens (including phenoxy) is 1. The summed E-state index contributed by atoms with van der Waals surface area (Å²) >= 11 is 6.04. The maximum absolute atomic E-state index is 8.37. The van der Waals surface area contributed by atoms with Crippen LogP contribution in [0.25, 0.3) is 0 Å². The van der Waals surface area contributed by atoms with E-state index >= 15 is 0 Å². The van der Waals surface area contributed by atoms with Gasteiger partial charge in [-0.05, 0) is 31.0 Å². The fraction of sp³-hybridized carbons (Fsp3) is 0.417. The van der Waals surface area contributed by atoms with Gasteiger partial charge in [-0.15, -0.1) is 0 Å². The second-order valence-electron chi connectivity index (χ2n) is 3.59. The summed E-state index contributed by atoms with van der Waals surface area (Å²) in [6, 6.07) is 7.55. The lowest BCUT2D eigenvalue weighted by Crippen LogP contribution is -2.05. The Labute approximate surface area is 101 Å². The zero-order valence-corrected chi connectivity index (χ0v) is 10.00. The summed E-state index contributed by atoms with van der Waals surface area (Å²) in [5.41, 5.74) is 6.72. The minimum Gasteiger partial charge on any atom is -0.492 e. The summed E-state index contributed by atoms with van der Waals surface area (Å²) in [5.74, 6) is 0.643. The Kier molecular flexibility index (Phi) is 5.10. The van der Waals surface area contributed by atoms with Crippen LogP contribution < -0.4 is 10.5 Å². The van der Waals surface area contributed by atoms with Crippen molar-refractivity contribution in [1.29, 1.82) is 5.26 Å². The summed E-state index contributed by atoms with van der Waals surface area (Å²) in [7, 11) is 0. The van der Waals surface area contributed by atoms with Crippen molar-refractivity contribution < 1.29 is 4.74 Å². The van der Waals surface area contributed by atoms with Crippen molar-refractivity contribution in [2.45, 2.75) is 25.8 Å². The SMILES string of the molecule is C[C@H](N)c1ccc(OCCCC#N)c(Cl)c1. The van der Waals surface area contributed by atoms with Crippen molar-refractivity contribution in [3.63, 3.8) is 0 Å². The van der Waals surface area contributed by atoms with Crippen molar-refractivity contribution in [2.24, 2.45) is 5.73 Å². The molecular formula is C12H15ClN2O. The van der Waals surface area contributed by atoms with Gasteiger partial charge in [0.05, 0.1) is 17.7 Å². The summed E-state index contributed by atoms with van der Waals surface area (Å²) in [6.45, 7) is 2.41. The van der Waals surface area contributed by atoms with Gasteiger partial charge in [0, 0.05) is 12.5 Å². The van der Waals surface area contributed by atoms with E-state index in [1.54, 1.807) is 0 Å². The summed E-state index contributed by atoms with van der Waals surface area (Å²) in [6.07, 6.45) is 1.21. The lowest BCUT2D eigenvalue weighted by Gasteiger charge is -2.10. The molecule has 0 unspecified atom stereocenters. The predicted octanol–water partition coefficient (Wildman–Crippen LogP) is 3.04. The molecule has 0 radical (unpaired) electrons. The lowest BCUT2D eigenvalue weighted by atomic mass is 10.1. The zero-order chi connectivity index (χ0) is 12.0. The Morgan fingerprint density at radius 3 is 2.88 bits per heavy atom. The van der Waals surface area contributed by atoms with Gasteiger partial charge in [-0.3, -0.25) is 0 Å². The third-order valence-electron chi connectivity index (χ3n) is 2.17. The quantitative estimate of drug-likeness (QED) is 0.802. The van der Waals surface area contributed by atoms with E-state index in [0.29, 0.717) is 30.2 Å². The summed E-state index contributed by atoms with van der Waals surface area (Å²) in [4.78, 5) is 0. The van der Waals surface area contributed by atoms with Crippen LogP contribution >= 0.6 is 11.6 Å². The number of unbranched alkanes of at least 4 members (excludes halogenated alkanes) is 1. The molecule has 1 aromatic carbocycles. The fourth-order valence-electron chi connectivity index (χ4n) is 1.25. The van der Waals surface area contributed by atoms with E-state index in [0.717, 1.165) is 5.56 Å². The van der Waals surface area contributed by atoms with Gasteiger partial charge in [0.25, 0.3) is 0 Å². The Morgan fingerprint density at radius 1 is 1.56 bits per heavy atom. The Hall–Kier alpha value is -1.24. The number of nitrogens with zero attached hydrogens (tertiary/aromatic N) is 1. The van der Waals surface area contributed by atoms with E-state index in [1.165, 1.54) is 0 Å². The second-order valence-corrected chi connectivity index (χ2v) is 4.00. The van der Waals surface area contributed by atoms with Crippen molar-refractivity contribution in [3.8, 4) is 11.8 Å². The first-order chi connectivity index (χ1) is 7.65. The van der Waals surface area contributed by atoms with Crippen molar-refractivity contribution >= 4 is 11.6 Å².